The van der Waals surface area contributed by atoms with Crippen LogP contribution in [0.25, 0.3) is 11.1 Å². The number of fused-ring (bicyclic) bond motifs is 5. The molecule has 1 aliphatic heterocycles. The molecule has 7 amide bonds. The summed E-state index contributed by atoms with van der Waals surface area (Å²) in [6, 6.07) is 14.1. The molecule has 0 radical (unpaired) electrons. The van der Waals surface area contributed by atoms with Crippen molar-refractivity contribution in [3.8, 4) is 22.6 Å². The number of alkyl carbamates (subject to hydrolysis) is 3. The van der Waals surface area contributed by atoms with Crippen LogP contribution in [-0.4, -0.2) is 137 Å². The Morgan fingerprint density at radius 2 is 1.23 bits per heavy atom. The van der Waals surface area contributed by atoms with Crippen LogP contribution < -0.4 is 26.6 Å². The summed E-state index contributed by atoms with van der Waals surface area (Å²) in [5.74, 6) is -2.76. The van der Waals surface area contributed by atoms with Gasteiger partial charge in [-0.05, 0) is 127 Å². The summed E-state index contributed by atoms with van der Waals surface area (Å²) in [6.45, 7) is 14.8. The molecule has 0 saturated carbocycles. The minimum Gasteiger partial charge on any atom is -0.508 e. The summed E-state index contributed by atoms with van der Waals surface area (Å²) >= 11 is 0. The first kappa shape index (κ1) is 56.3. The van der Waals surface area contributed by atoms with Gasteiger partial charge in [0.25, 0.3) is 0 Å². The summed E-state index contributed by atoms with van der Waals surface area (Å²) in [7, 11) is 1.50. The molecule has 20 nitrogen and oxygen atoms in total. The second-order valence-corrected chi connectivity index (χ2v) is 20.2. The van der Waals surface area contributed by atoms with E-state index in [0.29, 0.717) is 11.1 Å². The molecule has 0 fully saturated rings. The fraction of sp³-hybridized carbons (Fsp3) is 0.510. The Kier molecular flexibility index (Phi) is 19.9. The van der Waals surface area contributed by atoms with Crippen molar-refractivity contribution in [3.05, 3.63) is 83.4 Å². The molecule has 20 heteroatoms. The van der Waals surface area contributed by atoms with Crippen LogP contribution in [0.2, 0.25) is 0 Å². The van der Waals surface area contributed by atoms with E-state index >= 15 is 4.79 Å². The molecule has 4 bridgehead atoms. The molecule has 7 N–H and O–H groups in total. The number of hydrogen-bond acceptors (Lipinski definition) is 13. The quantitative estimate of drug-likeness (QED) is 0.0762. The van der Waals surface area contributed by atoms with Crippen LogP contribution in [0.5, 0.6) is 11.5 Å². The highest BCUT2D eigenvalue weighted by molar-refractivity contribution is 5.94. The molecule has 71 heavy (non-hydrogen) atoms. The number of likely N-dealkylation sites (N-methyl/N-ethyl adjacent to an activating group) is 1. The lowest BCUT2D eigenvalue weighted by atomic mass is 9.95. The Bertz CT molecular complexity index is 2340. The van der Waals surface area contributed by atoms with E-state index in [-0.39, 0.29) is 87.6 Å². The Balaban J connectivity index is 1.76. The fourth-order valence-electron chi connectivity index (χ4n) is 7.10. The maximum atomic E-state index is 15.0. The standard InChI is InChI=1S/C51H71N7O13/c1-49(2,3)69-46(65)52-22-14-17-37-42(61)55-39(44(63)58(26-25-57(10)48(67)71-51(7,8)9)24-23-53-45(64)68-31-32-15-12-11-13-16-32)30-36-28-34(19-21-41(36)60)33-18-20-40(59)35(27-33)29-38(43(62)54-37)56-47(66)70-50(4,5)6/h11-13,15-16,18-21,27-28,37-39,59-60H,14,17,22-26,29-31H2,1-10H3,(H,52,65)(H,53,64)(H,54,62)(H,55,61)(H,56,66)/t37-,38-,39-/m0/s1. The third-order valence-corrected chi connectivity index (χ3v) is 10.5. The van der Waals surface area contributed by atoms with Gasteiger partial charge in [0.1, 0.15) is 53.0 Å². The van der Waals surface area contributed by atoms with Gasteiger partial charge in [-0.25, -0.2) is 19.2 Å². The predicted molar refractivity (Wildman–Crippen MR) is 263 cm³/mol. The van der Waals surface area contributed by atoms with Gasteiger partial charge < -0.3 is 65.5 Å². The number of phenols is 2. The van der Waals surface area contributed by atoms with Gasteiger partial charge in [0, 0.05) is 52.6 Å². The SMILES string of the molecule is CN(CCN(CCNC(=O)OCc1ccccc1)C(=O)[C@@H]1Cc2cc(ccc2O)-c2ccc(O)c(c2)C[C@H](NC(=O)OC(C)(C)C)C(=O)N[C@@H](CCCNC(=O)OC(C)(C)C)C(=O)N1)C(=O)OC(C)(C)C. The lowest BCUT2D eigenvalue weighted by Gasteiger charge is -2.31. The van der Waals surface area contributed by atoms with Crippen molar-refractivity contribution in [2.75, 3.05) is 39.8 Å². The number of rotatable bonds is 14. The second-order valence-electron chi connectivity index (χ2n) is 20.2. The Labute approximate surface area is 415 Å². The van der Waals surface area contributed by atoms with Crippen LogP contribution in [-0.2, 0) is 52.8 Å². The highest BCUT2D eigenvalue weighted by Gasteiger charge is 2.34. The van der Waals surface area contributed by atoms with Crippen LogP contribution in [0, 0.1) is 0 Å². The topological polar surface area (TPSA) is 263 Å². The van der Waals surface area contributed by atoms with Crippen LogP contribution >= 0.6 is 0 Å². The van der Waals surface area contributed by atoms with Crippen molar-refractivity contribution in [2.24, 2.45) is 0 Å². The van der Waals surface area contributed by atoms with E-state index in [1.807, 2.05) is 6.07 Å². The van der Waals surface area contributed by atoms with E-state index in [9.17, 15) is 39.0 Å². The molecule has 3 aromatic rings. The molecule has 4 rings (SSSR count). The number of phenolic OH excluding ortho intramolecular Hbond substituents is 2. The number of hydrogen-bond donors (Lipinski definition) is 7. The van der Waals surface area contributed by atoms with Crippen LogP contribution in [0.4, 0.5) is 19.2 Å². The normalized spacial score (nSPS) is 16.3. The summed E-state index contributed by atoms with van der Waals surface area (Å²) in [5, 5.41) is 35.7. The summed E-state index contributed by atoms with van der Waals surface area (Å²) < 4.78 is 21.7. The average molecular weight is 990 g/mol. The van der Waals surface area contributed by atoms with E-state index in [1.54, 1.807) is 111 Å². The van der Waals surface area contributed by atoms with Crippen LogP contribution in [0.1, 0.15) is 91.8 Å². The number of ether oxygens (including phenoxy) is 4. The lowest BCUT2D eigenvalue weighted by molar-refractivity contribution is -0.137. The van der Waals surface area contributed by atoms with Crippen LogP contribution in [0.3, 0.4) is 0 Å². The zero-order chi connectivity index (χ0) is 52.7. The number of carbonyl (C=O) groups excluding carboxylic acids is 7. The summed E-state index contributed by atoms with van der Waals surface area (Å²) in [5.41, 5.74) is -0.225. The average Bonchev–Trinajstić information content (AvgIpc) is 3.26. The van der Waals surface area contributed by atoms with Gasteiger partial charge in [0.2, 0.25) is 17.7 Å². The highest BCUT2D eigenvalue weighted by Crippen LogP contribution is 2.31. The molecule has 0 unspecified atom stereocenters. The first-order valence-electron chi connectivity index (χ1n) is 23.5. The van der Waals surface area contributed by atoms with Crippen molar-refractivity contribution in [1.29, 1.82) is 0 Å². The van der Waals surface area contributed by atoms with Crippen molar-refractivity contribution in [1.82, 2.24) is 36.4 Å². The minimum absolute atomic E-state index is 0.00922. The van der Waals surface area contributed by atoms with Crippen LogP contribution in [0.15, 0.2) is 66.7 Å². The molecular weight excluding hydrogens is 919 g/mol. The predicted octanol–water partition coefficient (Wildman–Crippen LogP) is 5.65. The highest BCUT2D eigenvalue weighted by atomic mass is 16.6. The Morgan fingerprint density at radius 3 is 1.82 bits per heavy atom. The first-order chi connectivity index (χ1) is 33.2. The zero-order valence-electron chi connectivity index (χ0n) is 42.4. The third-order valence-electron chi connectivity index (χ3n) is 10.5. The maximum absolute atomic E-state index is 15.0. The second kappa shape index (κ2) is 25.0. The van der Waals surface area contributed by atoms with E-state index in [1.165, 1.54) is 29.0 Å². The van der Waals surface area contributed by atoms with E-state index in [0.717, 1.165) is 5.56 Å². The first-order valence-corrected chi connectivity index (χ1v) is 23.5. The van der Waals surface area contributed by atoms with Gasteiger partial charge in [0.15, 0.2) is 0 Å². The zero-order valence-corrected chi connectivity index (χ0v) is 42.4. The fourth-order valence-corrected chi connectivity index (χ4v) is 7.10. The van der Waals surface area contributed by atoms with E-state index in [4.69, 9.17) is 18.9 Å². The molecular formula is C51H71N7O13. The molecule has 0 aliphatic carbocycles. The number of benzene rings is 3. The summed E-state index contributed by atoms with van der Waals surface area (Å²) in [6.07, 6.45) is -3.61. The molecule has 3 aromatic carbocycles. The molecule has 0 spiro atoms. The van der Waals surface area contributed by atoms with Gasteiger partial charge in [-0.1, -0.05) is 42.5 Å². The molecule has 0 aromatic heterocycles. The molecule has 1 heterocycles. The monoisotopic (exact) mass is 990 g/mol. The molecule has 3 atom stereocenters. The number of aromatic hydroxyl groups is 2. The third kappa shape index (κ3) is 19.6. The smallest absolute Gasteiger partial charge is 0.410 e. The Hall–Kier alpha value is -7.25. The lowest BCUT2D eigenvalue weighted by Crippen LogP contribution is -2.58. The van der Waals surface area contributed by atoms with Gasteiger partial charge in [0.05, 0.1) is 0 Å². The summed E-state index contributed by atoms with van der Waals surface area (Å²) in [4.78, 5) is 98.3. The van der Waals surface area contributed by atoms with E-state index < -0.39 is 77.0 Å². The Morgan fingerprint density at radius 1 is 0.662 bits per heavy atom. The number of amides is 7. The van der Waals surface area contributed by atoms with Crippen molar-refractivity contribution < 1.29 is 62.7 Å². The number of nitrogens with zero attached hydrogens (tertiary/aromatic N) is 2. The van der Waals surface area contributed by atoms with Gasteiger partial charge in [-0.3, -0.25) is 14.4 Å². The maximum Gasteiger partial charge on any atom is 0.410 e. The molecule has 388 valence electrons. The van der Waals surface area contributed by atoms with Crippen molar-refractivity contribution in [3.63, 3.8) is 0 Å². The number of carbonyl (C=O) groups is 7. The van der Waals surface area contributed by atoms with Crippen molar-refractivity contribution in [2.45, 2.75) is 130 Å². The largest absolute Gasteiger partial charge is 0.508 e. The minimum atomic E-state index is -1.45. The van der Waals surface area contributed by atoms with Gasteiger partial charge >= 0.3 is 24.4 Å². The molecule has 1 aliphatic rings. The van der Waals surface area contributed by atoms with E-state index in [2.05, 4.69) is 26.6 Å². The molecule has 0 saturated heterocycles. The van der Waals surface area contributed by atoms with Gasteiger partial charge in [-0.15, -0.1) is 0 Å². The number of nitrogens with one attached hydrogen (secondary N) is 5. The van der Waals surface area contributed by atoms with Crippen molar-refractivity contribution >= 4 is 42.1 Å². The van der Waals surface area contributed by atoms with Gasteiger partial charge in [-0.2, -0.15) is 0 Å².